The molecule has 0 spiro atoms. The van der Waals surface area contributed by atoms with E-state index in [0.29, 0.717) is 39.2 Å². The molecule has 1 aliphatic carbocycles. The Hall–Kier alpha value is -2.09. The highest BCUT2D eigenvalue weighted by Gasteiger charge is 2.49. The minimum atomic E-state index is -4.42. The van der Waals surface area contributed by atoms with Gasteiger partial charge in [0.2, 0.25) is 5.91 Å². The average molecular weight is 396 g/mol. The number of amides is 2. The number of benzene rings is 1. The van der Waals surface area contributed by atoms with Gasteiger partial charge in [-0.1, -0.05) is 18.2 Å². The minimum absolute atomic E-state index is 0.0204. The van der Waals surface area contributed by atoms with Crippen LogP contribution in [0.3, 0.4) is 0 Å². The molecule has 3 aliphatic rings. The van der Waals surface area contributed by atoms with Crippen LogP contribution in [-0.2, 0) is 20.5 Å². The van der Waals surface area contributed by atoms with Crippen LogP contribution in [0.1, 0.15) is 36.3 Å². The van der Waals surface area contributed by atoms with Gasteiger partial charge < -0.3 is 14.5 Å². The molecule has 8 heteroatoms. The molecule has 0 aromatic heterocycles. The summed E-state index contributed by atoms with van der Waals surface area (Å²) in [5.41, 5.74) is -0.442. The Kier molecular flexibility index (Phi) is 5.07. The maximum absolute atomic E-state index is 13.2. The van der Waals surface area contributed by atoms with Gasteiger partial charge in [0.1, 0.15) is 6.10 Å². The Labute approximate surface area is 161 Å². The fourth-order valence-corrected chi connectivity index (χ4v) is 4.25. The number of ether oxygens (including phenoxy) is 1. The Morgan fingerprint density at radius 1 is 1.00 bits per heavy atom. The standard InChI is InChI=1S/C20H23F3N2O3/c21-20(22,23)16-5-2-1-4-13(16)14-12-15(14)18(26)24-7-9-25(10-8-24)19(27)17-6-3-11-28-17/h1-2,4-5,14-15,17H,3,6-12H2. The van der Waals surface area contributed by atoms with Gasteiger partial charge in [-0.2, -0.15) is 13.2 Å². The molecule has 3 fully saturated rings. The van der Waals surface area contributed by atoms with Crippen LogP contribution in [0.25, 0.3) is 0 Å². The van der Waals surface area contributed by atoms with E-state index in [4.69, 9.17) is 4.74 Å². The Morgan fingerprint density at radius 2 is 1.64 bits per heavy atom. The van der Waals surface area contributed by atoms with Crippen LogP contribution >= 0.6 is 0 Å². The van der Waals surface area contributed by atoms with Crippen molar-refractivity contribution in [2.24, 2.45) is 5.92 Å². The van der Waals surface area contributed by atoms with Crippen molar-refractivity contribution < 1.29 is 27.5 Å². The Bertz CT molecular complexity index is 753. The smallest absolute Gasteiger partial charge is 0.368 e. The molecule has 1 aromatic rings. The first-order valence-electron chi connectivity index (χ1n) is 9.71. The molecule has 0 bridgehead atoms. The Morgan fingerprint density at radius 3 is 2.25 bits per heavy atom. The van der Waals surface area contributed by atoms with Crippen LogP contribution < -0.4 is 0 Å². The number of hydrogen-bond acceptors (Lipinski definition) is 3. The van der Waals surface area contributed by atoms with Crippen molar-refractivity contribution in [2.45, 2.75) is 37.5 Å². The first-order chi connectivity index (χ1) is 13.4. The SMILES string of the molecule is O=C(C1CCCO1)N1CCN(C(=O)C2CC2c2ccccc2C(F)(F)F)CC1. The molecule has 3 atom stereocenters. The normalized spacial score (nSPS) is 27.8. The first-order valence-corrected chi connectivity index (χ1v) is 9.71. The van der Waals surface area contributed by atoms with E-state index < -0.39 is 17.7 Å². The van der Waals surface area contributed by atoms with Crippen molar-refractivity contribution in [2.75, 3.05) is 32.8 Å². The number of hydrogen-bond donors (Lipinski definition) is 0. The molecule has 2 aliphatic heterocycles. The summed E-state index contributed by atoms with van der Waals surface area (Å²) in [6.45, 7) is 2.34. The van der Waals surface area contributed by atoms with E-state index in [1.807, 2.05) is 0 Å². The summed E-state index contributed by atoms with van der Waals surface area (Å²) in [7, 11) is 0. The van der Waals surface area contributed by atoms with E-state index >= 15 is 0 Å². The second-order valence-corrected chi connectivity index (χ2v) is 7.69. The molecule has 152 valence electrons. The molecule has 3 unspecified atom stereocenters. The second-order valence-electron chi connectivity index (χ2n) is 7.69. The lowest BCUT2D eigenvalue weighted by molar-refractivity contribution is -0.146. The summed E-state index contributed by atoms with van der Waals surface area (Å²) in [4.78, 5) is 28.5. The van der Waals surface area contributed by atoms with Gasteiger partial charge in [-0.3, -0.25) is 9.59 Å². The summed E-state index contributed by atoms with van der Waals surface area (Å²) in [5, 5.41) is 0. The third-order valence-corrected chi connectivity index (χ3v) is 5.88. The number of carbonyl (C=O) groups excluding carboxylic acids is 2. The fourth-order valence-electron chi connectivity index (χ4n) is 4.25. The number of rotatable bonds is 3. The molecule has 2 heterocycles. The van der Waals surface area contributed by atoms with Gasteiger partial charge in [-0.15, -0.1) is 0 Å². The summed E-state index contributed by atoms with van der Waals surface area (Å²) in [6, 6.07) is 5.50. The molecule has 4 rings (SSSR count). The molecule has 2 amide bonds. The third-order valence-electron chi connectivity index (χ3n) is 5.88. The summed E-state index contributed by atoms with van der Waals surface area (Å²) < 4.78 is 45.1. The van der Waals surface area contributed by atoms with E-state index in [-0.39, 0.29) is 29.4 Å². The Balaban J connectivity index is 1.34. The van der Waals surface area contributed by atoms with Gasteiger partial charge in [-0.05, 0) is 36.8 Å². The molecule has 28 heavy (non-hydrogen) atoms. The van der Waals surface area contributed by atoms with E-state index in [2.05, 4.69) is 0 Å². The molecule has 1 aromatic carbocycles. The molecular weight excluding hydrogens is 373 g/mol. The maximum atomic E-state index is 13.2. The van der Waals surface area contributed by atoms with Crippen LogP contribution in [0.2, 0.25) is 0 Å². The first kappa shape index (κ1) is 19.2. The van der Waals surface area contributed by atoms with Crippen molar-refractivity contribution in [3.63, 3.8) is 0 Å². The average Bonchev–Trinajstić information content (AvgIpc) is 3.30. The van der Waals surface area contributed by atoms with E-state index in [0.717, 1.165) is 18.9 Å². The van der Waals surface area contributed by atoms with Crippen LogP contribution in [0.4, 0.5) is 13.2 Å². The van der Waals surface area contributed by atoms with Crippen molar-refractivity contribution in [3.8, 4) is 0 Å². The van der Waals surface area contributed by atoms with Gasteiger partial charge in [0.05, 0.1) is 5.56 Å². The fraction of sp³-hybridized carbons (Fsp3) is 0.600. The number of nitrogens with zero attached hydrogens (tertiary/aromatic N) is 2. The molecular formula is C20H23F3N2O3. The van der Waals surface area contributed by atoms with Gasteiger partial charge in [-0.25, -0.2) is 0 Å². The van der Waals surface area contributed by atoms with Crippen LogP contribution in [-0.4, -0.2) is 60.5 Å². The van der Waals surface area contributed by atoms with E-state index in [9.17, 15) is 22.8 Å². The van der Waals surface area contributed by atoms with Gasteiger partial charge in [0.25, 0.3) is 5.91 Å². The molecule has 0 N–H and O–H groups in total. The van der Waals surface area contributed by atoms with Crippen molar-refractivity contribution in [1.29, 1.82) is 0 Å². The van der Waals surface area contributed by atoms with Crippen molar-refractivity contribution >= 4 is 11.8 Å². The highest BCUT2D eigenvalue weighted by Crippen LogP contribution is 2.51. The topological polar surface area (TPSA) is 49.9 Å². The lowest BCUT2D eigenvalue weighted by atomic mass is 10.0. The lowest BCUT2D eigenvalue weighted by Crippen LogP contribution is -2.53. The van der Waals surface area contributed by atoms with Crippen LogP contribution in [0.15, 0.2) is 24.3 Å². The van der Waals surface area contributed by atoms with Crippen molar-refractivity contribution in [3.05, 3.63) is 35.4 Å². The largest absolute Gasteiger partial charge is 0.416 e. The predicted molar refractivity (Wildman–Crippen MR) is 94.4 cm³/mol. The minimum Gasteiger partial charge on any atom is -0.368 e. The van der Waals surface area contributed by atoms with E-state index in [1.165, 1.54) is 12.1 Å². The monoisotopic (exact) mass is 396 g/mol. The van der Waals surface area contributed by atoms with Gasteiger partial charge in [0.15, 0.2) is 0 Å². The molecule has 0 radical (unpaired) electrons. The predicted octanol–water partition coefficient (Wildman–Crippen LogP) is 2.66. The third kappa shape index (κ3) is 3.74. The highest BCUT2D eigenvalue weighted by molar-refractivity contribution is 5.84. The van der Waals surface area contributed by atoms with Gasteiger partial charge in [0, 0.05) is 38.7 Å². The van der Waals surface area contributed by atoms with Gasteiger partial charge >= 0.3 is 6.18 Å². The quantitative estimate of drug-likeness (QED) is 0.789. The summed E-state index contributed by atoms with van der Waals surface area (Å²) in [6.07, 6.45) is -2.71. The van der Waals surface area contributed by atoms with Crippen LogP contribution in [0, 0.1) is 5.92 Å². The van der Waals surface area contributed by atoms with Crippen molar-refractivity contribution in [1.82, 2.24) is 9.80 Å². The zero-order chi connectivity index (χ0) is 19.9. The molecule has 5 nitrogen and oxygen atoms in total. The lowest BCUT2D eigenvalue weighted by Gasteiger charge is -2.36. The zero-order valence-corrected chi connectivity index (χ0v) is 15.5. The summed E-state index contributed by atoms with van der Waals surface area (Å²) >= 11 is 0. The summed E-state index contributed by atoms with van der Waals surface area (Å²) in [5.74, 6) is -0.903. The second kappa shape index (κ2) is 7.39. The van der Waals surface area contributed by atoms with E-state index in [1.54, 1.807) is 15.9 Å². The number of halogens is 3. The number of alkyl halides is 3. The zero-order valence-electron chi connectivity index (χ0n) is 15.5. The van der Waals surface area contributed by atoms with Crippen LogP contribution in [0.5, 0.6) is 0 Å². The molecule has 1 saturated carbocycles. The molecule has 2 saturated heterocycles. The highest BCUT2D eigenvalue weighted by atomic mass is 19.4. The maximum Gasteiger partial charge on any atom is 0.416 e. The number of carbonyl (C=O) groups is 2. The number of piperazine rings is 1.